The van der Waals surface area contributed by atoms with Crippen LogP contribution in [-0.2, 0) is 6.42 Å². The molecule has 0 spiro atoms. The number of hydrogen-bond acceptors (Lipinski definition) is 2. The molecule has 0 aliphatic carbocycles. The Morgan fingerprint density at radius 1 is 0.667 bits per heavy atom. The van der Waals surface area contributed by atoms with Gasteiger partial charge in [-0.1, -0.05) is 83.3 Å². The molecule has 0 fully saturated rings. The second-order valence-corrected chi connectivity index (χ2v) is 7.06. The van der Waals surface area contributed by atoms with E-state index in [0.717, 1.165) is 19.5 Å². The van der Waals surface area contributed by atoms with E-state index in [1.807, 2.05) is 12.1 Å². The van der Waals surface area contributed by atoms with E-state index in [2.05, 4.69) is 12.2 Å². The van der Waals surface area contributed by atoms with Crippen molar-refractivity contribution in [3.8, 4) is 5.75 Å². The first kappa shape index (κ1) is 21.0. The van der Waals surface area contributed by atoms with E-state index in [-0.39, 0.29) is 0 Å². The molecule has 0 aromatic heterocycles. The van der Waals surface area contributed by atoms with Crippen molar-refractivity contribution in [1.29, 1.82) is 0 Å². The Labute approximate surface area is 150 Å². The van der Waals surface area contributed by atoms with E-state index < -0.39 is 0 Å². The Hall–Kier alpha value is -1.02. The van der Waals surface area contributed by atoms with E-state index in [0.29, 0.717) is 5.75 Å². The maximum absolute atomic E-state index is 9.25. The molecule has 0 bridgehead atoms. The number of hydrogen-bond donors (Lipinski definition) is 2. The lowest BCUT2D eigenvalue weighted by atomic mass is 10.1. The van der Waals surface area contributed by atoms with Gasteiger partial charge in [0.05, 0.1) is 0 Å². The highest BCUT2D eigenvalue weighted by Crippen LogP contribution is 2.12. The molecule has 0 aliphatic heterocycles. The highest BCUT2D eigenvalue weighted by atomic mass is 16.3. The normalized spacial score (nSPS) is 11.0. The van der Waals surface area contributed by atoms with Crippen molar-refractivity contribution in [2.24, 2.45) is 0 Å². The van der Waals surface area contributed by atoms with E-state index in [4.69, 9.17) is 0 Å². The van der Waals surface area contributed by atoms with Gasteiger partial charge in [0.15, 0.2) is 0 Å². The Kier molecular flexibility index (Phi) is 13.6. The third kappa shape index (κ3) is 12.4. The Balaban J connectivity index is 1.75. The van der Waals surface area contributed by atoms with Crippen molar-refractivity contribution in [1.82, 2.24) is 5.32 Å². The largest absolute Gasteiger partial charge is 0.508 e. The highest BCUT2D eigenvalue weighted by molar-refractivity contribution is 5.25. The molecule has 0 amide bonds. The summed E-state index contributed by atoms with van der Waals surface area (Å²) in [6.45, 7) is 4.54. The number of aryl methyl sites for hydroxylation is 1. The van der Waals surface area contributed by atoms with E-state index in [9.17, 15) is 5.11 Å². The lowest BCUT2D eigenvalue weighted by Gasteiger charge is -2.06. The van der Waals surface area contributed by atoms with Crippen LogP contribution in [0.3, 0.4) is 0 Å². The molecule has 24 heavy (non-hydrogen) atoms. The van der Waals surface area contributed by atoms with Crippen LogP contribution in [0.1, 0.15) is 89.5 Å². The van der Waals surface area contributed by atoms with Gasteiger partial charge in [0, 0.05) is 0 Å². The van der Waals surface area contributed by atoms with Crippen molar-refractivity contribution in [3.05, 3.63) is 29.8 Å². The average Bonchev–Trinajstić information content (AvgIpc) is 2.60. The summed E-state index contributed by atoms with van der Waals surface area (Å²) in [4.78, 5) is 0. The van der Waals surface area contributed by atoms with E-state index >= 15 is 0 Å². The molecule has 2 nitrogen and oxygen atoms in total. The third-order valence-corrected chi connectivity index (χ3v) is 4.71. The minimum Gasteiger partial charge on any atom is -0.508 e. The standard InChI is InChI=1S/C22H39NO/c1-2-3-4-5-6-7-8-9-10-11-12-19-23-20-13-14-21-15-17-22(24)18-16-21/h15-18,23-24H,2-14,19-20H2,1H3. The van der Waals surface area contributed by atoms with Gasteiger partial charge in [0.2, 0.25) is 0 Å². The molecule has 0 atom stereocenters. The number of benzene rings is 1. The molecule has 2 heteroatoms. The summed E-state index contributed by atoms with van der Waals surface area (Å²) >= 11 is 0. The summed E-state index contributed by atoms with van der Waals surface area (Å²) in [5.74, 6) is 0.355. The van der Waals surface area contributed by atoms with Gasteiger partial charge in [-0.2, -0.15) is 0 Å². The van der Waals surface area contributed by atoms with Crippen LogP contribution in [0.4, 0.5) is 0 Å². The van der Waals surface area contributed by atoms with Gasteiger partial charge in [-0.3, -0.25) is 0 Å². The average molecular weight is 334 g/mol. The van der Waals surface area contributed by atoms with Crippen LogP contribution in [-0.4, -0.2) is 18.2 Å². The van der Waals surface area contributed by atoms with Gasteiger partial charge in [0.1, 0.15) is 5.75 Å². The molecule has 0 aliphatic rings. The number of nitrogens with one attached hydrogen (secondary N) is 1. The first-order valence-corrected chi connectivity index (χ1v) is 10.3. The monoisotopic (exact) mass is 333 g/mol. The minimum atomic E-state index is 0.355. The predicted molar refractivity (Wildman–Crippen MR) is 106 cm³/mol. The molecule has 0 saturated heterocycles. The Bertz CT molecular complexity index is 374. The van der Waals surface area contributed by atoms with Gasteiger partial charge in [-0.25, -0.2) is 0 Å². The molecule has 0 radical (unpaired) electrons. The van der Waals surface area contributed by atoms with E-state index in [1.54, 1.807) is 12.1 Å². The summed E-state index contributed by atoms with van der Waals surface area (Å²) in [5.41, 5.74) is 1.31. The van der Waals surface area contributed by atoms with Crippen molar-refractivity contribution < 1.29 is 5.11 Å². The van der Waals surface area contributed by atoms with Gasteiger partial charge < -0.3 is 10.4 Å². The second-order valence-electron chi connectivity index (χ2n) is 7.06. The molecule has 1 aromatic carbocycles. The maximum Gasteiger partial charge on any atom is 0.115 e. The number of phenolic OH excluding ortho intramolecular Hbond substituents is 1. The van der Waals surface area contributed by atoms with Gasteiger partial charge >= 0.3 is 0 Å². The molecule has 0 saturated carbocycles. The number of aromatic hydroxyl groups is 1. The summed E-state index contributed by atoms with van der Waals surface area (Å²) in [7, 11) is 0. The fourth-order valence-corrected chi connectivity index (χ4v) is 3.12. The van der Waals surface area contributed by atoms with E-state index in [1.165, 1.54) is 82.6 Å². The summed E-state index contributed by atoms with van der Waals surface area (Å²) in [6.07, 6.45) is 17.8. The van der Waals surface area contributed by atoms with Crippen LogP contribution in [0.15, 0.2) is 24.3 Å². The zero-order valence-electron chi connectivity index (χ0n) is 15.9. The molecule has 1 aromatic rings. The van der Waals surface area contributed by atoms with Crippen LogP contribution >= 0.6 is 0 Å². The molecular weight excluding hydrogens is 294 g/mol. The minimum absolute atomic E-state index is 0.355. The molecule has 0 heterocycles. The molecule has 2 N–H and O–H groups in total. The molecular formula is C22H39NO. The van der Waals surface area contributed by atoms with Crippen LogP contribution in [0.25, 0.3) is 0 Å². The van der Waals surface area contributed by atoms with Gasteiger partial charge in [-0.15, -0.1) is 0 Å². The number of rotatable bonds is 16. The molecule has 138 valence electrons. The van der Waals surface area contributed by atoms with Gasteiger partial charge in [-0.05, 0) is 50.0 Å². The highest BCUT2D eigenvalue weighted by Gasteiger charge is 1.95. The lowest BCUT2D eigenvalue weighted by molar-refractivity contribution is 0.475. The first-order chi connectivity index (χ1) is 11.8. The SMILES string of the molecule is CCCCCCCCCCCCCNCCCc1ccc(O)cc1. The zero-order chi connectivity index (χ0) is 17.3. The van der Waals surface area contributed by atoms with Crippen molar-refractivity contribution in [3.63, 3.8) is 0 Å². The zero-order valence-corrected chi connectivity index (χ0v) is 15.9. The second kappa shape index (κ2) is 15.5. The van der Waals surface area contributed by atoms with Crippen molar-refractivity contribution >= 4 is 0 Å². The van der Waals surface area contributed by atoms with Crippen LogP contribution < -0.4 is 5.32 Å². The fraction of sp³-hybridized carbons (Fsp3) is 0.727. The van der Waals surface area contributed by atoms with Crippen molar-refractivity contribution in [2.45, 2.75) is 90.4 Å². The fourth-order valence-electron chi connectivity index (χ4n) is 3.12. The predicted octanol–water partition coefficient (Wildman–Crippen LogP) is 6.23. The Morgan fingerprint density at radius 3 is 1.75 bits per heavy atom. The topological polar surface area (TPSA) is 32.3 Å². The summed E-state index contributed by atoms with van der Waals surface area (Å²) < 4.78 is 0. The van der Waals surface area contributed by atoms with Gasteiger partial charge in [0.25, 0.3) is 0 Å². The first-order valence-electron chi connectivity index (χ1n) is 10.3. The molecule has 0 unspecified atom stereocenters. The smallest absolute Gasteiger partial charge is 0.115 e. The molecule has 1 rings (SSSR count). The quantitative estimate of drug-likeness (QED) is 0.352. The lowest BCUT2D eigenvalue weighted by Crippen LogP contribution is -2.17. The maximum atomic E-state index is 9.25. The summed E-state index contributed by atoms with van der Waals surface area (Å²) in [5, 5.41) is 12.8. The third-order valence-electron chi connectivity index (χ3n) is 4.71. The summed E-state index contributed by atoms with van der Waals surface area (Å²) in [6, 6.07) is 7.57. The Morgan fingerprint density at radius 2 is 1.17 bits per heavy atom. The van der Waals surface area contributed by atoms with Crippen LogP contribution in [0.5, 0.6) is 5.75 Å². The van der Waals surface area contributed by atoms with Crippen LogP contribution in [0.2, 0.25) is 0 Å². The van der Waals surface area contributed by atoms with Crippen LogP contribution in [0, 0.1) is 0 Å². The van der Waals surface area contributed by atoms with Crippen molar-refractivity contribution in [2.75, 3.05) is 13.1 Å². The number of phenols is 1. The number of unbranched alkanes of at least 4 members (excludes halogenated alkanes) is 10.